The van der Waals surface area contributed by atoms with E-state index in [1.165, 1.54) is 16.8 Å². The van der Waals surface area contributed by atoms with Crippen LogP contribution in [0.15, 0.2) is 71.7 Å². The molecule has 1 heteroatoms. The molecule has 0 bridgehead atoms. The molecule has 1 heterocycles. The number of hydrogen-bond donors (Lipinski definition) is 0. The maximum Gasteiger partial charge on any atom is 0.0671 e. The molecule has 2 aromatic rings. The number of aliphatic imine (C=N–C) groups is 1. The van der Waals surface area contributed by atoms with Crippen LogP contribution in [-0.4, -0.2) is 5.71 Å². The third kappa shape index (κ3) is 2.57. The van der Waals surface area contributed by atoms with Gasteiger partial charge in [-0.3, -0.25) is 4.99 Å². The molecule has 0 N–H and O–H groups in total. The minimum atomic E-state index is 0.0288. The third-order valence-corrected chi connectivity index (χ3v) is 3.78. The highest BCUT2D eigenvalue weighted by Gasteiger charge is 2.28. The molecule has 0 atom stereocenters. The van der Waals surface area contributed by atoms with Crippen LogP contribution in [0.3, 0.4) is 0 Å². The van der Waals surface area contributed by atoms with Gasteiger partial charge in [0.1, 0.15) is 0 Å². The standard InChI is InChI=1S/C19H19N/c1-19(2)14-17(16-11-7-4-8-12-16)20-18(19)13-15-9-5-3-6-10-15/h3-12,14H,13H2,1-2H3. The number of benzene rings is 2. The average molecular weight is 261 g/mol. The molecule has 0 aliphatic carbocycles. The highest BCUT2D eigenvalue weighted by Crippen LogP contribution is 2.35. The molecule has 0 saturated heterocycles. The summed E-state index contributed by atoms with van der Waals surface area (Å²) in [5, 5.41) is 0. The summed E-state index contributed by atoms with van der Waals surface area (Å²) in [5.41, 5.74) is 4.89. The molecule has 0 amide bonds. The van der Waals surface area contributed by atoms with Gasteiger partial charge in [0.15, 0.2) is 0 Å². The van der Waals surface area contributed by atoms with E-state index < -0.39 is 0 Å². The molecule has 1 nitrogen and oxygen atoms in total. The van der Waals surface area contributed by atoms with Crippen molar-refractivity contribution < 1.29 is 0 Å². The zero-order valence-corrected chi connectivity index (χ0v) is 12.0. The summed E-state index contributed by atoms with van der Waals surface area (Å²) < 4.78 is 0. The molecule has 0 aromatic heterocycles. The van der Waals surface area contributed by atoms with Crippen molar-refractivity contribution in [3.05, 3.63) is 77.9 Å². The van der Waals surface area contributed by atoms with Gasteiger partial charge >= 0.3 is 0 Å². The second-order valence-electron chi connectivity index (χ2n) is 5.84. The lowest BCUT2D eigenvalue weighted by Crippen LogP contribution is -2.20. The van der Waals surface area contributed by atoms with Crippen LogP contribution < -0.4 is 0 Å². The van der Waals surface area contributed by atoms with E-state index in [4.69, 9.17) is 4.99 Å². The molecule has 0 saturated carbocycles. The Morgan fingerprint density at radius 1 is 0.850 bits per heavy atom. The van der Waals surface area contributed by atoms with Crippen LogP contribution >= 0.6 is 0 Å². The van der Waals surface area contributed by atoms with E-state index in [1.807, 2.05) is 6.07 Å². The van der Waals surface area contributed by atoms with E-state index in [2.05, 4.69) is 74.5 Å². The fraction of sp³-hybridized carbons (Fsp3) is 0.211. The normalized spacial score (nSPS) is 16.7. The van der Waals surface area contributed by atoms with Gasteiger partial charge in [-0.2, -0.15) is 0 Å². The molecule has 100 valence electrons. The van der Waals surface area contributed by atoms with Crippen LogP contribution in [0.25, 0.3) is 5.70 Å². The molecule has 3 rings (SSSR count). The van der Waals surface area contributed by atoms with Crippen molar-refractivity contribution in [1.82, 2.24) is 0 Å². The first-order valence-corrected chi connectivity index (χ1v) is 7.05. The lowest BCUT2D eigenvalue weighted by molar-refractivity contribution is 0.678. The molecule has 0 unspecified atom stereocenters. The highest BCUT2D eigenvalue weighted by atomic mass is 14.8. The fourth-order valence-electron chi connectivity index (χ4n) is 2.56. The number of hydrogen-bond acceptors (Lipinski definition) is 1. The van der Waals surface area contributed by atoms with E-state index in [1.54, 1.807) is 0 Å². The van der Waals surface area contributed by atoms with Gasteiger partial charge in [-0.15, -0.1) is 0 Å². The predicted octanol–water partition coefficient (Wildman–Crippen LogP) is 4.75. The van der Waals surface area contributed by atoms with Crippen LogP contribution in [0.5, 0.6) is 0 Å². The Bertz CT molecular complexity index is 649. The van der Waals surface area contributed by atoms with Crippen molar-refractivity contribution in [3.63, 3.8) is 0 Å². The third-order valence-electron chi connectivity index (χ3n) is 3.78. The Morgan fingerprint density at radius 2 is 1.45 bits per heavy atom. The van der Waals surface area contributed by atoms with Crippen molar-refractivity contribution >= 4 is 11.4 Å². The molecule has 2 aromatic carbocycles. The van der Waals surface area contributed by atoms with Gasteiger partial charge in [-0.05, 0) is 17.2 Å². The van der Waals surface area contributed by atoms with Gasteiger partial charge in [-0.1, -0.05) is 74.5 Å². The maximum atomic E-state index is 4.88. The number of allylic oxidation sites excluding steroid dienone is 1. The zero-order valence-electron chi connectivity index (χ0n) is 12.0. The first-order valence-electron chi connectivity index (χ1n) is 7.05. The lowest BCUT2D eigenvalue weighted by Gasteiger charge is -2.18. The summed E-state index contributed by atoms with van der Waals surface area (Å²) in [6.45, 7) is 4.48. The van der Waals surface area contributed by atoms with Gasteiger partial charge in [-0.25, -0.2) is 0 Å². The largest absolute Gasteiger partial charge is 0.256 e. The zero-order chi connectivity index (χ0) is 14.0. The Hall–Kier alpha value is -2.15. The van der Waals surface area contributed by atoms with Gasteiger partial charge < -0.3 is 0 Å². The van der Waals surface area contributed by atoms with Gasteiger partial charge in [0, 0.05) is 17.5 Å². The Kier molecular flexibility index (Phi) is 3.27. The van der Waals surface area contributed by atoms with E-state index in [-0.39, 0.29) is 5.41 Å². The van der Waals surface area contributed by atoms with Crippen molar-refractivity contribution in [2.75, 3.05) is 0 Å². The minimum Gasteiger partial charge on any atom is -0.256 e. The van der Waals surface area contributed by atoms with Crippen LogP contribution in [0.4, 0.5) is 0 Å². The van der Waals surface area contributed by atoms with Gasteiger partial charge in [0.2, 0.25) is 0 Å². The summed E-state index contributed by atoms with van der Waals surface area (Å²) >= 11 is 0. The first-order chi connectivity index (χ1) is 9.65. The van der Waals surface area contributed by atoms with Gasteiger partial charge in [0.05, 0.1) is 5.70 Å². The predicted molar refractivity (Wildman–Crippen MR) is 85.8 cm³/mol. The quantitative estimate of drug-likeness (QED) is 0.756. The van der Waals surface area contributed by atoms with E-state index in [9.17, 15) is 0 Å². The Labute approximate surface area is 120 Å². The molecule has 0 fully saturated rings. The Morgan fingerprint density at radius 3 is 2.10 bits per heavy atom. The Balaban J connectivity index is 1.90. The van der Waals surface area contributed by atoms with E-state index in [0.717, 1.165) is 12.1 Å². The summed E-state index contributed by atoms with van der Waals surface area (Å²) in [4.78, 5) is 4.88. The lowest BCUT2D eigenvalue weighted by atomic mass is 9.85. The summed E-state index contributed by atoms with van der Waals surface area (Å²) in [6, 6.07) is 21.0. The molecular formula is C19H19N. The van der Waals surface area contributed by atoms with Crippen molar-refractivity contribution in [2.24, 2.45) is 10.4 Å². The molecule has 20 heavy (non-hydrogen) atoms. The average Bonchev–Trinajstić information content (AvgIpc) is 2.76. The summed E-state index contributed by atoms with van der Waals surface area (Å²) in [7, 11) is 0. The van der Waals surface area contributed by atoms with Crippen molar-refractivity contribution in [2.45, 2.75) is 20.3 Å². The maximum absolute atomic E-state index is 4.88. The van der Waals surface area contributed by atoms with E-state index in [0.29, 0.717) is 0 Å². The molecular weight excluding hydrogens is 242 g/mol. The highest BCUT2D eigenvalue weighted by molar-refractivity contribution is 6.01. The first kappa shape index (κ1) is 12.9. The minimum absolute atomic E-state index is 0.0288. The second-order valence-corrected chi connectivity index (χ2v) is 5.84. The van der Waals surface area contributed by atoms with Crippen molar-refractivity contribution in [3.8, 4) is 0 Å². The number of nitrogens with zero attached hydrogens (tertiary/aromatic N) is 1. The smallest absolute Gasteiger partial charge is 0.0671 e. The summed E-state index contributed by atoms with van der Waals surface area (Å²) in [5.74, 6) is 0. The van der Waals surface area contributed by atoms with Crippen LogP contribution in [0, 0.1) is 5.41 Å². The van der Waals surface area contributed by atoms with Crippen LogP contribution in [-0.2, 0) is 6.42 Å². The molecule has 1 aliphatic heterocycles. The van der Waals surface area contributed by atoms with Crippen LogP contribution in [0.2, 0.25) is 0 Å². The number of rotatable bonds is 3. The fourth-order valence-corrected chi connectivity index (χ4v) is 2.56. The van der Waals surface area contributed by atoms with Crippen LogP contribution in [0.1, 0.15) is 25.0 Å². The van der Waals surface area contributed by atoms with E-state index >= 15 is 0 Å². The molecule has 1 aliphatic rings. The van der Waals surface area contributed by atoms with Crippen molar-refractivity contribution in [1.29, 1.82) is 0 Å². The van der Waals surface area contributed by atoms with Gasteiger partial charge in [0.25, 0.3) is 0 Å². The second kappa shape index (κ2) is 5.09. The molecule has 0 radical (unpaired) electrons. The topological polar surface area (TPSA) is 12.4 Å². The SMILES string of the molecule is CC1(C)C=C(c2ccccc2)N=C1Cc1ccccc1. The summed E-state index contributed by atoms with van der Waals surface area (Å²) in [6.07, 6.45) is 3.20. The molecule has 0 spiro atoms. The monoisotopic (exact) mass is 261 g/mol.